The second-order valence-electron chi connectivity index (χ2n) is 9.65. The van der Waals surface area contributed by atoms with Crippen molar-refractivity contribution in [3.8, 4) is 0 Å². The highest BCUT2D eigenvalue weighted by Crippen LogP contribution is 2.41. The van der Waals surface area contributed by atoms with Gasteiger partial charge in [-0.05, 0) is 49.1 Å². The summed E-state index contributed by atoms with van der Waals surface area (Å²) in [5, 5.41) is 1.77. The molecule has 0 aliphatic heterocycles. The van der Waals surface area contributed by atoms with Crippen LogP contribution in [-0.4, -0.2) is 48.2 Å². The summed E-state index contributed by atoms with van der Waals surface area (Å²) in [4.78, 5) is 6.62. The van der Waals surface area contributed by atoms with Gasteiger partial charge in [-0.25, -0.2) is 4.72 Å². The number of aliphatic imine (C=N–C) groups is 1. The van der Waals surface area contributed by atoms with E-state index in [1.165, 1.54) is 6.26 Å². The first-order valence-corrected chi connectivity index (χ1v) is 13.1. The van der Waals surface area contributed by atoms with Crippen LogP contribution < -0.4 is 21.1 Å². The van der Waals surface area contributed by atoms with Gasteiger partial charge in [0.25, 0.3) is 0 Å². The zero-order chi connectivity index (χ0) is 22.9. The minimum absolute atomic E-state index is 0.0471. The van der Waals surface area contributed by atoms with Gasteiger partial charge in [0.15, 0.2) is 5.96 Å². The van der Waals surface area contributed by atoms with Gasteiger partial charge in [-0.15, -0.1) is 9.53 Å². The number of anilines is 1. The van der Waals surface area contributed by atoms with Crippen molar-refractivity contribution in [1.29, 1.82) is 0 Å². The van der Waals surface area contributed by atoms with E-state index in [2.05, 4.69) is 16.6 Å². The van der Waals surface area contributed by atoms with E-state index in [0.717, 1.165) is 42.1 Å². The number of nitrogens with zero attached hydrogens (tertiary/aromatic N) is 2. The number of hydrogen-bond donors (Lipinski definition) is 4. The van der Waals surface area contributed by atoms with Crippen LogP contribution in [0, 0.1) is 11.3 Å². The summed E-state index contributed by atoms with van der Waals surface area (Å²) >= 11 is 0. The molecule has 0 unspecified atom stereocenters. The van der Waals surface area contributed by atoms with Crippen LogP contribution in [0.15, 0.2) is 46.3 Å². The van der Waals surface area contributed by atoms with Crippen molar-refractivity contribution in [2.45, 2.75) is 37.5 Å². The molecule has 8 heteroatoms. The highest BCUT2D eigenvalue weighted by molar-refractivity contribution is 8.13. The fraction of sp³-hybridized carbons (Fsp3) is 0.522. The van der Waals surface area contributed by atoms with Gasteiger partial charge in [-0.3, -0.25) is 9.55 Å². The van der Waals surface area contributed by atoms with E-state index in [4.69, 9.17) is 11.5 Å². The minimum Gasteiger partial charge on any atom is -0.377 e. The number of guanidine groups is 1. The Morgan fingerprint density at radius 1 is 1.19 bits per heavy atom. The van der Waals surface area contributed by atoms with E-state index < -0.39 is 9.53 Å². The van der Waals surface area contributed by atoms with Crippen LogP contribution in [0.4, 0.5) is 5.69 Å². The maximum atomic E-state index is 13.9. The average Bonchev–Trinajstić information content (AvgIpc) is 2.71. The maximum Gasteiger partial charge on any atom is 0.185 e. The smallest absolute Gasteiger partial charge is 0.185 e. The highest BCUT2D eigenvalue weighted by atomic mass is 32.3. The van der Waals surface area contributed by atoms with Crippen LogP contribution in [0.1, 0.15) is 32.6 Å². The van der Waals surface area contributed by atoms with E-state index in [0.29, 0.717) is 23.9 Å². The molecule has 3 rings (SSSR count). The van der Waals surface area contributed by atoms with Crippen molar-refractivity contribution in [2.75, 3.05) is 38.3 Å². The van der Waals surface area contributed by atoms with Crippen LogP contribution in [0.5, 0.6) is 0 Å². The molecule has 0 spiro atoms. The maximum absolute atomic E-state index is 13.9. The van der Waals surface area contributed by atoms with Crippen molar-refractivity contribution in [1.82, 2.24) is 4.72 Å². The van der Waals surface area contributed by atoms with Crippen molar-refractivity contribution < 1.29 is 8.76 Å². The second-order valence-corrected chi connectivity index (χ2v) is 12.9. The zero-order valence-electron chi connectivity index (χ0n) is 19.1. The van der Waals surface area contributed by atoms with E-state index in [9.17, 15) is 8.76 Å². The molecule has 0 saturated heterocycles. The Morgan fingerprint density at radius 3 is 2.42 bits per heavy atom. The lowest BCUT2D eigenvalue weighted by Gasteiger charge is -2.45. The summed E-state index contributed by atoms with van der Waals surface area (Å²) in [6, 6.07) is 11.5. The summed E-state index contributed by atoms with van der Waals surface area (Å²) in [7, 11) is -0.299. The fourth-order valence-corrected chi connectivity index (χ4v) is 6.40. The largest absolute Gasteiger partial charge is 0.377 e. The molecule has 1 aliphatic carbocycles. The van der Waals surface area contributed by atoms with E-state index >= 15 is 0 Å². The molecule has 0 bridgehead atoms. The number of benzene rings is 2. The first kappa shape index (κ1) is 23.5. The van der Waals surface area contributed by atoms with Gasteiger partial charge in [-0.1, -0.05) is 31.2 Å². The second kappa shape index (κ2) is 8.41. The van der Waals surface area contributed by atoms with Crippen molar-refractivity contribution in [2.24, 2.45) is 27.8 Å². The molecule has 31 heavy (non-hydrogen) atoms. The summed E-state index contributed by atoms with van der Waals surface area (Å²) in [5.41, 5.74) is 11.9. The summed E-state index contributed by atoms with van der Waals surface area (Å²) < 4.78 is 28.4. The Morgan fingerprint density at radius 2 is 1.81 bits per heavy atom. The standard InChI is InChI=1S/C23H37N5O2S/c1-23(13-11-17(12-14-23)15-26-22(24)25)16-27-31(4,29,30)21-10-6-7-18-19(21)8-5-9-20(18)28(2)3/h5-10,17H,11-16H2,1-4H3,(H4,24,25,26)(H2,27,29,30). The molecule has 172 valence electrons. The third kappa shape index (κ3) is 5.37. The molecule has 2 aromatic carbocycles. The predicted molar refractivity (Wildman–Crippen MR) is 132 cm³/mol. The predicted octanol–water partition coefficient (Wildman–Crippen LogP) is 3.16. The Balaban J connectivity index is 1.80. The third-order valence-electron chi connectivity index (χ3n) is 6.54. The molecular formula is C23H37N5O2S. The SMILES string of the molecule is CN(C)c1cccc2c(S(C)(=O)(O)NCC3(C)CCC(CN=C(N)N)CC3)cccc12. The number of nitrogens with one attached hydrogen (secondary N) is 1. The molecule has 6 N–H and O–H groups in total. The van der Waals surface area contributed by atoms with Crippen LogP contribution in [0.25, 0.3) is 10.8 Å². The molecule has 1 fully saturated rings. The Labute approximate surface area is 185 Å². The molecule has 2 aromatic rings. The van der Waals surface area contributed by atoms with Gasteiger partial charge in [0.2, 0.25) is 0 Å². The molecule has 0 aromatic heterocycles. The summed E-state index contributed by atoms with van der Waals surface area (Å²) in [6.45, 7) is 3.32. The van der Waals surface area contributed by atoms with Crippen LogP contribution in [-0.2, 0) is 9.53 Å². The first-order valence-electron chi connectivity index (χ1n) is 10.8. The van der Waals surface area contributed by atoms with Gasteiger partial charge >= 0.3 is 0 Å². The molecule has 0 radical (unpaired) electrons. The molecule has 0 amide bonds. The number of hydrogen-bond acceptors (Lipinski definition) is 3. The van der Waals surface area contributed by atoms with Crippen LogP contribution >= 0.6 is 0 Å². The lowest BCUT2D eigenvalue weighted by Crippen LogP contribution is -2.50. The fourth-order valence-electron chi connectivity index (χ4n) is 4.46. The average molecular weight is 448 g/mol. The third-order valence-corrected chi connectivity index (χ3v) is 8.76. The van der Waals surface area contributed by atoms with Crippen molar-refractivity contribution >= 4 is 32.0 Å². The Kier molecular flexibility index (Phi) is 6.37. The molecule has 0 atom stereocenters. The van der Waals surface area contributed by atoms with E-state index in [1.807, 2.05) is 49.3 Å². The quantitative estimate of drug-likeness (QED) is 0.384. The Bertz CT molecular complexity index is 1030. The normalized spacial score (nSPS) is 23.1. The topological polar surface area (TPSA) is 117 Å². The minimum atomic E-state index is -4.25. The van der Waals surface area contributed by atoms with Crippen molar-refractivity contribution in [3.05, 3.63) is 36.4 Å². The van der Waals surface area contributed by atoms with Gasteiger partial charge < -0.3 is 16.4 Å². The zero-order valence-corrected chi connectivity index (χ0v) is 19.9. The van der Waals surface area contributed by atoms with Crippen LogP contribution in [0.3, 0.4) is 0 Å². The number of fused-ring (bicyclic) bond motifs is 1. The van der Waals surface area contributed by atoms with Gasteiger partial charge in [0.05, 0.1) is 4.90 Å². The van der Waals surface area contributed by atoms with Gasteiger partial charge in [0.1, 0.15) is 0 Å². The lowest BCUT2D eigenvalue weighted by atomic mass is 9.72. The number of rotatable bonds is 7. The van der Waals surface area contributed by atoms with Crippen molar-refractivity contribution in [3.63, 3.8) is 0 Å². The molecule has 1 aliphatic rings. The van der Waals surface area contributed by atoms with E-state index in [-0.39, 0.29) is 11.4 Å². The summed E-state index contributed by atoms with van der Waals surface area (Å²) in [5.74, 6) is 0.602. The number of nitrogens with two attached hydrogens (primary N) is 2. The van der Waals surface area contributed by atoms with E-state index in [1.54, 1.807) is 6.07 Å². The summed E-state index contributed by atoms with van der Waals surface area (Å²) in [6.07, 6.45) is 5.39. The molecule has 7 nitrogen and oxygen atoms in total. The Hall–Kier alpha value is -2.16. The molecule has 0 heterocycles. The first-order chi connectivity index (χ1) is 14.4. The van der Waals surface area contributed by atoms with Gasteiger partial charge in [-0.2, -0.15) is 4.21 Å². The molecule has 1 saturated carbocycles. The van der Waals surface area contributed by atoms with Gasteiger partial charge in [0, 0.05) is 49.9 Å². The highest BCUT2D eigenvalue weighted by Gasteiger charge is 2.35. The monoisotopic (exact) mass is 447 g/mol. The lowest BCUT2D eigenvalue weighted by molar-refractivity contribution is 0.175. The molecular weight excluding hydrogens is 410 g/mol. The van der Waals surface area contributed by atoms with Crippen LogP contribution in [0.2, 0.25) is 0 Å².